The Morgan fingerprint density at radius 2 is 1.06 bits per heavy atom. The minimum Gasteiger partial charge on any atom is -0.481 e. The molecule has 36 heavy (non-hydrogen) atoms. The summed E-state index contributed by atoms with van der Waals surface area (Å²) in [6.07, 6.45) is 32.1. The number of hydrogen-bond acceptors (Lipinski definition) is 3. The van der Waals surface area contributed by atoms with E-state index in [2.05, 4.69) is 26.0 Å². The van der Waals surface area contributed by atoms with E-state index in [4.69, 9.17) is 9.84 Å². The molecule has 0 amide bonds. The molecule has 1 N–H and O–H groups in total. The van der Waals surface area contributed by atoms with Crippen LogP contribution in [0.5, 0.6) is 0 Å². The second-order valence-corrected chi connectivity index (χ2v) is 10.6. The Balaban J connectivity index is 3.90. The number of carbonyl (C=O) groups excluding carboxylic acids is 1. The summed E-state index contributed by atoms with van der Waals surface area (Å²) in [5, 5.41) is 8.94. The van der Waals surface area contributed by atoms with Gasteiger partial charge in [0.2, 0.25) is 0 Å². The van der Waals surface area contributed by atoms with Crippen molar-refractivity contribution < 1.29 is 19.4 Å². The summed E-state index contributed by atoms with van der Waals surface area (Å²) in [5.74, 6) is -0.872. The molecule has 0 aromatic carbocycles. The number of carbonyl (C=O) groups is 2. The summed E-state index contributed by atoms with van der Waals surface area (Å²) >= 11 is 0. The molecule has 0 aromatic rings. The van der Waals surface area contributed by atoms with E-state index < -0.39 is 5.97 Å². The van der Waals surface area contributed by atoms with Crippen molar-refractivity contribution in [3.05, 3.63) is 12.2 Å². The Morgan fingerprint density at radius 1 is 0.583 bits per heavy atom. The van der Waals surface area contributed by atoms with Gasteiger partial charge in [-0.1, -0.05) is 122 Å². The van der Waals surface area contributed by atoms with Crippen molar-refractivity contribution in [2.75, 3.05) is 0 Å². The molecule has 4 heteroatoms. The normalized spacial score (nSPS) is 12.3. The lowest BCUT2D eigenvalue weighted by Crippen LogP contribution is -2.18. The highest BCUT2D eigenvalue weighted by Crippen LogP contribution is 2.18. The molecule has 0 fully saturated rings. The zero-order valence-electron chi connectivity index (χ0n) is 24.1. The van der Waals surface area contributed by atoms with E-state index in [9.17, 15) is 9.59 Å². The maximum absolute atomic E-state index is 12.4. The lowest BCUT2D eigenvalue weighted by molar-refractivity contribution is -0.150. The van der Waals surface area contributed by atoms with Crippen molar-refractivity contribution in [1.82, 2.24) is 0 Å². The standard InChI is InChI=1S/C32H60O4/c1-3-5-7-9-11-13-15-17-19-21-23-26-30(27-25-28-31(33)34)36-32(35)29-24-22-20-18-16-14-12-10-8-6-4-2/h10,12,30H,3-9,11,13-29H2,1-2H3,(H,33,34)/b12-10-. The molecule has 212 valence electrons. The van der Waals surface area contributed by atoms with Crippen molar-refractivity contribution in [2.45, 2.75) is 180 Å². The second-order valence-electron chi connectivity index (χ2n) is 10.6. The SMILES string of the molecule is CCCC/C=C\CCCCCCCC(=O)OC(CCCCCCCCCCCCC)CCCC(=O)O. The van der Waals surface area contributed by atoms with Gasteiger partial charge in [-0.2, -0.15) is 0 Å². The first kappa shape index (κ1) is 34.7. The molecular formula is C32H60O4. The van der Waals surface area contributed by atoms with Gasteiger partial charge in [0.1, 0.15) is 6.10 Å². The van der Waals surface area contributed by atoms with E-state index >= 15 is 0 Å². The Morgan fingerprint density at radius 3 is 1.64 bits per heavy atom. The minimum atomic E-state index is -0.772. The molecule has 0 aromatic heterocycles. The van der Waals surface area contributed by atoms with Crippen LogP contribution in [0, 0.1) is 0 Å². The Labute approximate surface area is 224 Å². The lowest BCUT2D eigenvalue weighted by Gasteiger charge is -2.18. The fourth-order valence-corrected chi connectivity index (χ4v) is 4.64. The second kappa shape index (κ2) is 28.3. The predicted octanol–water partition coefficient (Wildman–Crippen LogP) is 10.3. The fraction of sp³-hybridized carbons (Fsp3) is 0.875. The number of aliphatic carboxylic acids is 1. The average Bonchev–Trinajstić information content (AvgIpc) is 2.85. The van der Waals surface area contributed by atoms with E-state index in [1.54, 1.807) is 0 Å². The number of carboxylic acid groups (broad SMARTS) is 1. The first-order chi connectivity index (χ1) is 17.6. The van der Waals surface area contributed by atoms with E-state index in [1.165, 1.54) is 109 Å². The number of carboxylic acids is 1. The third-order valence-corrected chi connectivity index (χ3v) is 6.99. The van der Waals surface area contributed by atoms with Crippen molar-refractivity contribution >= 4 is 11.9 Å². The highest BCUT2D eigenvalue weighted by atomic mass is 16.5. The van der Waals surface area contributed by atoms with Gasteiger partial charge in [-0.05, 0) is 51.4 Å². The predicted molar refractivity (Wildman–Crippen MR) is 153 cm³/mol. The quantitative estimate of drug-likeness (QED) is 0.0648. The molecule has 0 aliphatic heterocycles. The number of ether oxygens (including phenoxy) is 1. The van der Waals surface area contributed by atoms with E-state index in [0.29, 0.717) is 19.3 Å². The molecular weight excluding hydrogens is 448 g/mol. The molecule has 0 saturated carbocycles. The van der Waals surface area contributed by atoms with E-state index in [1.807, 2.05) is 0 Å². The van der Waals surface area contributed by atoms with Crippen molar-refractivity contribution in [3.63, 3.8) is 0 Å². The van der Waals surface area contributed by atoms with Gasteiger partial charge in [0.15, 0.2) is 0 Å². The van der Waals surface area contributed by atoms with Crippen molar-refractivity contribution in [2.24, 2.45) is 0 Å². The highest BCUT2D eigenvalue weighted by Gasteiger charge is 2.15. The zero-order valence-corrected chi connectivity index (χ0v) is 24.1. The molecule has 0 spiro atoms. The maximum atomic E-state index is 12.4. The van der Waals surface area contributed by atoms with Gasteiger partial charge in [-0.25, -0.2) is 0 Å². The van der Waals surface area contributed by atoms with Crippen LogP contribution in [-0.4, -0.2) is 23.1 Å². The summed E-state index contributed by atoms with van der Waals surface area (Å²) in [5.41, 5.74) is 0. The van der Waals surface area contributed by atoms with Gasteiger partial charge < -0.3 is 9.84 Å². The number of hydrogen-bond donors (Lipinski definition) is 1. The van der Waals surface area contributed by atoms with Crippen LogP contribution in [0.4, 0.5) is 0 Å². The maximum Gasteiger partial charge on any atom is 0.306 e. The first-order valence-corrected chi connectivity index (χ1v) is 15.7. The molecule has 0 aliphatic carbocycles. The Hall–Kier alpha value is -1.32. The van der Waals surface area contributed by atoms with Crippen LogP contribution in [-0.2, 0) is 14.3 Å². The monoisotopic (exact) mass is 508 g/mol. The third kappa shape index (κ3) is 27.3. The molecule has 0 bridgehead atoms. The molecule has 0 radical (unpaired) electrons. The molecule has 0 aliphatic rings. The van der Waals surface area contributed by atoms with E-state index in [-0.39, 0.29) is 18.5 Å². The summed E-state index contributed by atoms with van der Waals surface area (Å²) in [6.45, 7) is 4.48. The zero-order chi connectivity index (χ0) is 26.5. The topological polar surface area (TPSA) is 63.6 Å². The molecule has 0 heterocycles. The number of unbranched alkanes of at least 4 members (excludes halogenated alkanes) is 17. The third-order valence-electron chi connectivity index (χ3n) is 6.99. The van der Waals surface area contributed by atoms with Crippen LogP contribution in [0.1, 0.15) is 174 Å². The van der Waals surface area contributed by atoms with Crippen molar-refractivity contribution in [1.29, 1.82) is 0 Å². The van der Waals surface area contributed by atoms with Gasteiger partial charge in [-0.3, -0.25) is 9.59 Å². The summed E-state index contributed by atoms with van der Waals surface area (Å²) < 4.78 is 5.77. The molecule has 0 saturated heterocycles. The van der Waals surface area contributed by atoms with Gasteiger partial charge in [0.05, 0.1) is 0 Å². The fourth-order valence-electron chi connectivity index (χ4n) is 4.64. The number of rotatable bonds is 28. The van der Waals surface area contributed by atoms with E-state index in [0.717, 1.165) is 25.7 Å². The molecule has 0 rings (SSSR count). The highest BCUT2D eigenvalue weighted by molar-refractivity contribution is 5.69. The average molecular weight is 509 g/mol. The van der Waals surface area contributed by atoms with Crippen LogP contribution in [0.2, 0.25) is 0 Å². The number of esters is 1. The molecule has 1 atom stereocenters. The minimum absolute atomic E-state index is 0.0998. The van der Waals surface area contributed by atoms with Crippen molar-refractivity contribution in [3.8, 4) is 0 Å². The Bertz CT molecular complexity index is 514. The van der Waals surface area contributed by atoms with Gasteiger partial charge in [0, 0.05) is 12.8 Å². The summed E-state index contributed by atoms with van der Waals surface area (Å²) in [4.78, 5) is 23.2. The van der Waals surface area contributed by atoms with Crippen LogP contribution < -0.4 is 0 Å². The molecule has 4 nitrogen and oxygen atoms in total. The number of allylic oxidation sites excluding steroid dienone is 2. The lowest BCUT2D eigenvalue weighted by atomic mass is 10.0. The summed E-state index contributed by atoms with van der Waals surface area (Å²) in [6, 6.07) is 0. The van der Waals surface area contributed by atoms with Crippen LogP contribution in [0.15, 0.2) is 12.2 Å². The van der Waals surface area contributed by atoms with Gasteiger partial charge >= 0.3 is 11.9 Å². The van der Waals surface area contributed by atoms with Gasteiger partial charge in [0.25, 0.3) is 0 Å². The van der Waals surface area contributed by atoms with Gasteiger partial charge in [-0.15, -0.1) is 0 Å². The van der Waals surface area contributed by atoms with Crippen LogP contribution in [0.25, 0.3) is 0 Å². The smallest absolute Gasteiger partial charge is 0.306 e. The largest absolute Gasteiger partial charge is 0.481 e. The van der Waals surface area contributed by atoms with Crippen LogP contribution >= 0.6 is 0 Å². The summed E-state index contributed by atoms with van der Waals surface area (Å²) in [7, 11) is 0. The first-order valence-electron chi connectivity index (χ1n) is 15.7. The molecule has 1 unspecified atom stereocenters. The Kier molecular flexibility index (Phi) is 27.2. The van der Waals surface area contributed by atoms with Crippen LogP contribution in [0.3, 0.4) is 0 Å².